The van der Waals surface area contributed by atoms with Crippen LogP contribution in [0.2, 0.25) is 0 Å². The third-order valence-corrected chi connectivity index (χ3v) is 2.88. The summed E-state index contributed by atoms with van der Waals surface area (Å²) < 4.78 is 40.4. The minimum Gasteiger partial charge on any atom is -0.468 e. The molecule has 1 aliphatic heterocycles. The van der Waals surface area contributed by atoms with E-state index in [0.29, 0.717) is 18.7 Å². The van der Waals surface area contributed by atoms with Gasteiger partial charge in [0.05, 0.1) is 5.56 Å². The molecule has 2 N–H and O–H groups in total. The van der Waals surface area contributed by atoms with E-state index in [4.69, 9.17) is 5.73 Å². The monoisotopic (exact) mass is 289 g/mol. The number of pyridine rings is 1. The maximum Gasteiger partial charge on any atom is 0.422 e. The van der Waals surface area contributed by atoms with Gasteiger partial charge in [-0.2, -0.15) is 13.2 Å². The van der Waals surface area contributed by atoms with Gasteiger partial charge < -0.3 is 15.4 Å². The van der Waals surface area contributed by atoms with Crippen LogP contribution in [-0.4, -0.2) is 47.7 Å². The van der Waals surface area contributed by atoms with E-state index in [1.807, 2.05) is 0 Å². The summed E-state index contributed by atoms with van der Waals surface area (Å²) in [6.45, 7) is -0.355. The number of nitrogens with zero attached hydrogens (tertiary/aromatic N) is 2. The van der Waals surface area contributed by atoms with Crippen molar-refractivity contribution in [2.75, 3.05) is 19.7 Å². The molecule has 0 spiro atoms. The van der Waals surface area contributed by atoms with Crippen LogP contribution in [0.15, 0.2) is 18.3 Å². The summed E-state index contributed by atoms with van der Waals surface area (Å²) in [5.74, 6) is -0.398. The molecular weight excluding hydrogens is 275 g/mol. The third kappa shape index (κ3) is 3.83. The lowest BCUT2D eigenvalue weighted by molar-refractivity contribution is -0.154. The van der Waals surface area contributed by atoms with Crippen LogP contribution in [0, 0.1) is 0 Å². The summed E-state index contributed by atoms with van der Waals surface area (Å²) in [4.78, 5) is 17.3. The number of hydrogen-bond acceptors (Lipinski definition) is 4. The summed E-state index contributed by atoms with van der Waals surface area (Å²) in [7, 11) is 0. The van der Waals surface area contributed by atoms with Crippen molar-refractivity contribution in [1.82, 2.24) is 9.88 Å². The highest BCUT2D eigenvalue weighted by molar-refractivity contribution is 5.94. The van der Waals surface area contributed by atoms with Crippen LogP contribution < -0.4 is 10.5 Å². The lowest BCUT2D eigenvalue weighted by atomic mass is 10.2. The topological polar surface area (TPSA) is 68.5 Å². The molecule has 8 heteroatoms. The molecule has 1 amide bonds. The van der Waals surface area contributed by atoms with Crippen molar-refractivity contribution < 1.29 is 22.7 Å². The van der Waals surface area contributed by atoms with E-state index in [0.717, 1.165) is 6.42 Å². The second-order valence-electron chi connectivity index (χ2n) is 4.59. The van der Waals surface area contributed by atoms with Gasteiger partial charge in [0.2, 0.25) is 5.88 Å². The molecule has 5 nitrogen and oxygen atoms in total. The normalized spacial score (nSPS) is 19.2. The first-order valence-electron chi connectivity index (χ1n) is 6.05. The number of likely N-dealkylation sites (tertiary alicyclic amines) is 1. The number of alkyl halides is 3. The molecule has 1 saturated heterocycles. The predicted molar refractivity (Wildman–Crippen MR) is 64.3 cm³/mol. The van der Waals surface area contributed by atoms with E-state index in [1.54, 1.807) is 4.90 Å². The molecule has 20 heavy (non-hydrogen) atoms. The first-order valence-corrected chi connectivity index (χ1v) is 6.05. The molecule has 1 aliphatic rings. The largest absolute Gasteiger partial charge is 0.468 e. The summed E-state index contributed by atoms with van der Waals surface area (Å²) >= 11 is 0. The van der Waals surface area contributed by atoms with Crippen LogP contribution in [0.4, 0.5) is 13.2 Å². The Morgan fingerprint density at radius 2 is 2.25 bits per heavy atom. The van der Waals surface area contributed by atoms with Crippen LogP contribution in [0.25, 0.3) is 0 Å². The van der Waals surface area contributed by atoms with Gasteiger partial charge in [-0.3, -0.25) is 4.79 Å². The van der Waals surface area contributed by atoms with Gasteiger partial charge in [0, 0.05) is 31.4 Å². The molecule has 0 unspecified atom stereocenters. The van der Waals surface area contributed by atoms with Gasteiger partial charge in [0.15, 0.2) is 6.61 Å². The van der Waals surface area contributed by atoms with Crippen LogP contribution in [0.3, 0.4) is 0 Å². The van der Waals surface area contributed by atoms with E-state index in [2.05, 4.69) is 9.72 Å². The SMILES string of the molecule is N[C@@H]1CCN(C(=O)c2ccc(OCC(F)(F)F)nc2)C1. The number of aromatic nitrogens is 1. The van der Waals surface area contributed by atoms with E-state index >= 15 is 0 Å². The molecule has 2 rings (SSSR count). The minimum atomic E-state index is -4.41. The molecule has 1 atom stereocenters. The summed E-state index contributed by atoms with van der Waals surface area (Å²) in [5.41, 5.74) is 6.01. The number of nitrogens with two attached hydrogens (primary N) is 1. The van der Waals surface area contributed by atoms with Gasteiger partial charge in [0.1, 0.15) is 0 Å². The Balaban J connectivity index is 1.96. The molecule has 2 heterocycles. The number of hydrogen-bond donors (Lipinski definition) is 1. The summed E-state index contributed by atoms with van der Waals surface area (Å²) in [6, 6.07) is 2.61. The van der Waals surface area contributed by atoms with E-state index < -0.39 is 12.8 Å². The van der Waals surface area contributed by atoms with Crippen LogP contribution in [0.5, 0.6) is 5.88 Å². The van der Waals surface area contributed by atoms with Crippen molar-refractivity contribution in [3.05, 3.63) is 23.9 Å². The van der Waals surface area contributed by atoms with Gasteiger partial charge in [-0.1, -0.05) is 0 Å². The quantitative estimate of drug-likeness (QED) is 0.907. The lowest BCUT2D eigenvalue weighted by Gasteiger charge is -2.15. The maximum absolute atomic E-state index is 12.0. The molecule has 1 aromatic heterocycles. The minimum absolute atomic E-state index is 0.0266. The van der Waals surface area contributed by atoms with Crippen molar-refractivity contribution in [1.29, 1.82) is 0 Å². The fourth-order valence-corrected chi connectivity index (χ4v) is 1.90. The van der Waals surface area contributed by atoms with E-state index in [9.17, 15) is 18.0 Å². The number of carbonyl (C=O) groups is 1. The van der Waals surface area contributed by atoms with Crippen molar-refractivity contribution in [3.8, 4) is 5.88 Å². The Hall–Kier alpha value is -1.83. The van der Waals surface area contributed by atoms with Gasteiger partial charge in [-0.05, 0) is 12.5 Å². The zero-order chi connectivity index (χ0) is 14.8. The Kier molecular flexibility index (Phi) is 4.12. The van der Waals surface area contributed by atoms with E-state index in [-0.39, 0.29) is 17.8 Å². The zero-order valence-electron chi connectivity index (χ0n) is 10.6. The lowest BCUT2D eigenvalue weighted by Crippen LogP contribution is -2.31. The molecule has 110 valence electrons. The molecular formula is C12H14F3N3O2. The predicted octanol–water partition coefficient (Wildman–Crippen LogP) is 1.20. The first kappa shape index (κ1) is 14.6. The van der Waals surface area contributed by atoms with Crippen LogP contribution in [-0.2, 0) is 0 Å². The second-order valence-corrected chi connectivity index (χ2v) is 4.59. The van der Waals surface area contributed by atoms with Crippen molar-refractivity contribution >= 4 is 5.91 Å². The van der Waals surface area contributed by atoms with Crippen molar-refractivity contribution in [3.63, 3.8) is 0 Å². The highest BCUT2D eigenvalue weighted by Crippen LogP contribution is 2.18. The number of halogens is 3. The number of carbonyl (C=O) groups excluding carboxylic acids is 1. The average molecular weight is 289 g/mol. The Labute approximate surface area is 113 Å². The fraction of sp³-hybridized carbons (Fsp3) is 0.500. The molecule has 0 bridgehead atoms. The molecule has 1 fully saturated rings. The number of amides is 1. The number of ether oxygens (including phenoxy) is 1. The molecule has 1 aromatic rings. The smallest absolute Gasteiger partial charge is 0.422 e. The van der Waals surface area contributed by atoms with Crippen molar-refractivity contribution in [2.45, 2.75) is 18.6 Å². The van der Waals surface area contributed by atoms with Gasteiger partial charge in [-0.15, -0.1) is 0 Å². The zero-order valence-corrected chi connectivity index (χ0v) is 10.6. The Morgan fingerprint density at radius 1 is 1.50 bits per heavy atom. The van der Waals surface area contributed by atoms with Crippen molar-refractivity contribution in [2.24, 2.45) is 5.73 Å². The van der Waals surface area contributed by atoms with Crippen LogP contribution >= 0.6 is 0 Å². The standard InChI is InChI=1S/C12H14F3N3O2/c13-12(14,15)7-20-10-2-1-8(5-17-10)11(19)18-4-3-9(16)6-18/h1-2,5,9H,3-4,6-7,16H2/t9-/m1/s1. The second kappa shape index (κ2) is 5.66. The third-order valence-electron chi connectivity index (χ3n) is 2.88. The van der Waals surface area contributed by atoms with E-state index in [1.165, 1.54) is 18.3 Å². The maximum atomic E-state index is 12.0. The average Bonchev–Trinajstić information content (AvgIpc) is 2.82. The van der Waals surface area contributed by atoms with Crippen LogP contribution in [0.1, 0.15) is 16.8 Å². The highest BCUT2D eigenvalue weighted by Gasteiger charge is 2.29. The first-order chi connectivity index (χ1) is 9.35. The molecule has 0 saturated carbocycles. The molecule has 0 aromatic carbocycles. The van der Waals surface area contributed by atoms with Gasteiger partial charge >= 0.3 is 6.18 Å². The molecule has 0 radical (unpaired) electrons. The van der Waals surface area contributed by atoms with Gasteiger partial charge in [-0.25, -0.2) is 4.98 Å². The molecule has 0 aliphatic carbocycles. The summed E-state index contributed by atoms with van der Waals surface area (Å²) in [6.07, 6.45) is -2.47. The fourth-order valence-electron chi connectivity index (χ4n) is 1.90. The summed E-state index contributed by atoms with van der Waals surface area (Å²) in [5, 5.41) is 0. The highest BCUT2D eigenvalue weighted by atomic mass is 19.4. The number of rotatable bonds is 3. The Bertz CT molecular complexity index is 476. The van der Waals surface area contributed by atoms with Gasteiger partial charge in [0.25, 0.3) is 5.91 Å². The Morgan fingerprint density at radius 3 is 2.75 bits per heavy atom.